The zero-order chi connectivity index (χ0) is 10.2. The van der Waals surface area contributed by atoms with Crippen LogP contribution >= 0.6 is 0 Å². The summed E-state index contributed by atoms with van der Waals surface area (Å²) in [6, 6.07) is 0. The van der Waals surface area contributed by atoms with Crippen molar-refractivity contribution in [2.24, 2.45) is 0 Å². The fourth-order valence-corrected chi connectivity index (χ4v) is 1.31. The van der Waals surface area contributed by atoms with Crippen LogP contribution < -0.4 is 0 Å². The number of ether oxygens (including phenoxy) is 1. The lowest BCUT2D eigenvalue weighted by Gasteiger charge is -2.43. The molecular weight excluding hydrogens is 180 g/mol. The predicted molar refractivity (Wildman–Crippen MR) is 40.6 cm³/mol. The van der Waals surface area contributed by atoms with E-state index in [4.69, 9.17) is 9.84 Å². The van der Waals surface area contributed by atoms with E-state index < -0.39 is 36.8 Å². The van der Waals surface area contributed by atoms with Crippen LogP contribution in [0.25, 0.3) is 0 Å². The van der Waals surface area contributed by atoms with Crippen LogP contribution in [0.15, 0.2) is 0 Å². The van der Waals surface area contributed by atoms with Crippen molar-refractivity contribution >= 4 is 0 Å². The van der Waals surface area contributed by atoms with E-state index in [1.54, 1.807) is 0 Å². The molecule has 0 bridgehead atoms. The molecule has 13 heavy (non-hydrogen) atoms. The number of aliphatic hydroxyl groups excluding tert-OH is 4. The zero-order valence-electron chi connectivity index (χ0n) is 7.16. The summed E-state index contributed by atoms with van der Waals surface area (Å²) in [7, 11) is 0. The van der Waals surface area contributed by atoms with Crippen molar-refractivity contribution in [3.05, 3.63) is 0 Å². The molecule has 78 valence electrons. The third-order valence-electron chi connectivity index (χ3n) is 2.17. The van der Waals surface area contributed by atoms with Crippen LogP contribution in [0.1, 0.15) is 6.92 Å². The van der Waals surface area contributed by atoms with Crippen LogP contribution in [0.2, 0.25) is 0 Å². The fourth-order valence-electron chi connectivity index (χ4n) is 1.31. The minimum atomic E-state index is -1.95. The Morgan fingerprint density at radius 1 is 1.23 bits per heavy atom. The second-order valence-corrected chi connectivity index (χ2v) is 3.32. The SMILES string of the molecule is C[C@@]1(O)OC(CO)[C@@H](O)C(O)C1O. The molecule has 5 N–H and O–H groups in total. The van der Waals surface area contributed by atoms with Crippen LogP contribution in [0.3, 0.4) is 0 Å². The third-order valence-corrected chi connectivity index (χ3v) is 2.17. The number of hydrogen-bond acceptors (Lipinski definition) is 6. The molecule has 0 radical (unpaired) electrons. The molecule has 0 aromatic carbocycles. The van der Waals surface area contributed by atoms with Gasteiger partial charge < -0.3 is 30.3 Å². The van der Waals surface area contributed by atoms with E-state index >= 15 is 0 Å². The van der Waals surface area contributed by atoms with Gasteiger partial charge in [-0.2, -0.15) is 0 Å². The highest BCUT2D eigenvalue weighted by atomic mass is 16.7. The monoisotopic (exact) mass is 194 g/mol. The average molecular weight is 194 g/mol. The molecule has 6 nitrogen and oxygen atoms in total. The Bertz CT molecular complexity index is 180. The maximum Gasteiger partial charge on any atom is 0.192 e. The highest BCUT2D eigenvalue weighted by molar-refractivity contribution is 4.93. The Morgan fingerprint density at radius 3 is 2.23 bits per heavy atom. The Balaban J connectivity index is 2.79. The molecule has 5 atom stereocenters. The number of rotatable bonds is 1. The van der Waals surface area contributed by atoms with Gasteiger partial charge >= 0.3 is 0 Å². The van der Waals surface area contributed by atoms with Crippen LogP contribution in [-0.2, 0) is 4.74 Å². The van der Waals surface area contributed by atoms with Gasteiger partial charge in [-0.05, 0) is 6.92 Å². The second kappa shape index (κ2) is 3.49. The van der Waals surface area contributed by atoms with E-state index in [0.717, 1.165) is 6.92 Å². The molecule has 3 unspecified atom stereocenters. The summed E-state index contributed by atoms with van der Waals surface area (Å²) in [6.07, 6.45) is -5.61. The van der Waals surface area contributed by atoms with Crippen LogP contribution in [0.5, 0.6) is 0 Å². The van der Waals surface area contributed by atoms with Gasteiger partial charge in [0.1, 0.15) is 24.4 Å². The van der Waals surface area contributed by atoms with Crippen LogP contribution in [0.4, 0.5) is 0 Å². The van der Waals surface area contributed by atoms with Gasteiger partial charge in [-0.3, -0.25) is 0 Å². The Hall–Kier alpha value is -0.240. The molecule has 0 amide bonds. The standard InChI is InChI=1S/C7H14O6/c1-7(12)6(11)5(10)4(9)3(2-8)13-7/h3-6,8-12H,2H2,1H3/t3?,4-,5?,6?,7-/m1/s1. The van der Waals surface area contributed by atoms with E-state index in [2.05, 4.69) is 0 Å². The summed E-state index contributed by atoms with van der Waals surface area (Å²) in [5.41, 5.74) is 0. The molecule has 1 aliphatic rings. The predicted octanol–water partition coefficient (Wildman–Crippen LogP) is -2.83. The highest BCUT2D eigenvalue weighted by Crippen LogP contribution is 2.27. The van der Waals surface area contributed by atoms with Gasteiger partial charge in [-0.25, -0.2) is 0 Å². The van der Waals surface area contributed by atoms with Crippen molar-refractivity contribution in [3.8, 4) is 0 Å². The number of aliphatic hydroxyl groups is 5. The fraction of sp³-hybridized carbons (Fsp3) is 1.00. The molecule has 0 aromatic rings. The molecule has 0 aliphatic carbocycles. The Kier molecular flexibility index (Phi) is 2.91. The first-order chi connectivity index (χ1) is 5.90. The second-order valence-electron chi connectivity index (χ2n) is 3.32. The largest absolute Gasteiger partial charge is 0.394 e. The smallest absolute Gasteiger partial charge is 0.192 e. The number of hydrogen-bond donors (Lipinski definition) is 5. The van der Waals surface area contributed by atoms with Crippen molar-refractivity contribution < 1.29 is 30.3 Å². The summed E-state index contributed by atoms with van der Waals surface area (Å²) in [5, 5.41) is 45.8. The first-order valence-electron chi connectivity index (χ1n) is 3.95. The normalized spacial score (nSPS) is 52.2. The lowest BCUT2D eigenvalue weighted by Crippen LogP contribution is -2.63. The highest BCUT2D eigenvalue weighted by Gasteiger charge is 2.49. The molecular formula is C7H14O6. The summed E-state index contributed by atoms with van der Waals surface area (Å²) in [6.45, 7) is 0.608. The summed E-state index contributed by atoms with van der Waals surface area (Å²) >= 11 is 0. The Morgan fingerprint density at radius 2 is 1.77 bits per heavy atom. The van der Waals surface area contributed by atoms with E-state index in [-0.39, 0.29) is 0 Å². The van der Waals surface area contributed by atoms with E-state index in [0.29, 0.717) is 0 Å². The van der Waals surface area contributed by atoms with Crippen molar-refractivity contribution in [3.63, 3.8) is 0 Å². The van der Waals surface area contributed by atoms with Gasteiger partial charge in [0.2, 0.25) is 0 Å². The van der Waals surface area contributed by atoms with Crippen LogP contribution in [0, 0.1) is 0 Å². The van der Waals surface area contributed by atoms with Crippen LogP contribution in [-0.4, -0.2) is 62.3 Å². The summed E-state index contributed by atoms with van der Waals surface area (Å²) in [5.74, 6) is -1.95. The van der Waals surface area contributed by atoms with Gasteiger partial charge in [0, 0.05) is 0 Å². The van der Waals surface area contributed by atoms with E-state index in [1.165, 1.54) is 0 Å². The van der Waals surface area contributed by atoms with Crippen molar-refractivity contribution in [1.29, 1.82) is 0 Å². The summed E-state index contributed by atoms with van der Waals surface area (Å²) in [4.78, 5) is 0. The summed E-state index contributed by atoms with van der Waals surface area (Å²) < 4.78 is 4.76. The van der Waals surface area contributed by atoms with Gasteiger partial charge in [0.05, 0.1) is 6.61 Å². The molecule has 0 aromatic heterocycles. The molecule has 6 heteroatoms. The van der Waals surface area contributed by atoms with E-state index in [9.17, 15) is 20.4 Å². The van der Waals surface area contributed by atoms with Crippen molar-refractivity contribution in [1.82, 2.24) is 0 Å². The first kappa shape index (κ1) is 10.8. The lowest BCUT2D eigenvalue weighted by molar-refractivity contribution is -0.341. The first-order valence-corrected chi connectivity index (χ1v) is 3.95. The minimum absolute atomic E-state index is 0.541. The van der Waals surface area contributed by atoms with Gasteiger partial charge in [-0.15, -0.1) is 0 Å². The van der Waals surface area contributed by atoms with Gasteiger partial charge in [0.25, 0.3) is 0 Å². The maximum atomic E-state index is 9.38. The zero-order valence-corrected chi connectivity index (χ0v) is 7.16. The van der Waals surface area contributed by atoms with Crippen molar-refractivity contribution in [2.75, 3.05) is 6.61 Å². The minimum Gasteiger partial charge on any atom is -0.394 e. The third kappa shape index (κ3) is 1.83. The Labute approximate surface area is 75.0 Å². The van der Waals surface area contributed by atoms with Crippen molar-refractivity contribution in [2.45, 2.75) is 37.1 Å². The molecule has 1 heterocycles. The topological polar surface area (TPSA) is 110 Å². The van der Waals surface area contributed by atoms with E-state index in [1.807, 2.05) is 0 Å². The maximum absolute atomic E-state index is 9.38. The lowest BCUT2D eigenvalue weighted by atomic mass is 9.94. The quantitative estimate of drug-likeness (QED) is 0.308. The molecule has 1 fully saturated rings. The van der Waals surface area contributed by atoms with Gasteiger partial charge in [-0.1, -0.05) is 0 Å². The molecule has 0 spiro atoms. The van der Waals surface area contributed by atoms with Gasteiger partial charge in [0.15, 0.2) is 5.79 Å². The average Bonchev–Trinajstić information content (AvgIpc) is 2.08. The molecule has 0 saturated carbocycles. The molecule has 1 saturated heterocycles. The molecule has 1 aliphatic heterocycles. The molecule has 1 rings (SSSR count).